The Balaban J connectivity index is 1.70. The molecule has 0 spiro atoms. The summed E-state index contributed by atoms with van der Waals surface area (Å²) in [6.07, 6.45) is 2.86. The monoisotopic (exact) mass is 353 g/mol. The molecule has 0 bridgehead atoms. The lowest BCUT2D eigenvalue weighted by Gasteiger charge is -2.27. The van der Waals surface area contributed by atoms with Crippen LogP contribution in [0.5, 0.6) is 0 Å². The van der Waals surface area contributed by atoms with Crippen LogP contribution in [0.25, 0.3) is 11.4 Å². The molecule has 0 unspecified atom stereocenters. The van der Waals surface area contributed by atoms with E-state index in [-0.39, 0.29) is 11.9 Å². The lowest BCUT2D eigenvalue weighted by molar-refractivity contribution is 0.0654. The Morgan fingerprint density at radius 1 is 1.27 bits per heavy atom. The Hall–Kier alpha value is -2.89. The first-order valence-corrected chi connectivity index (χ1v) is 8.82. The van der Waals surface area contributed by atoms with Crippen LogP contribution in [0.4, 0.5) is 0 Å². The van der Waals surface area contributed by atoms with Crippen molar-refractivity contribution in [2.45, 2.75) is 39.7 Å². The molecule has 3 rings (SSSR count). The van der Waals surface area contributed by atoms with Crippen molar-refractivity contribution in [1.82, 2.24) is 15.0 Å². The van der Waals surface area contributed by atoms with Gasteiger partial charge in [-0.2, -0.15) is 4.98 Å². The molecule has 26 heavy (non-hydrogen) atoms. The summed E-state index contributed by atoms with van der Waals surface area (Å²) < 4.78 is 10.6. The minimum absolute atomic E-state index is 0.0896. The van der Waals surface area contributed by atoms with E-state index >= 15 is 0 Å². The van der Waals surface area contributed by atoms with Crippen LogP contribution in [0.1, 0.15) is 42.3 Å². The van der Waals surface area contributed by atoms with Gasteiger partial charge in [0.15, 0.2) is 5.76 Å². The van der Waals surface area contributed by atoms with Crippen LogP contribution >= 0.6 is 0 Å². The fourth-order valence-electron chi connectivity index (χ4n) is 2.76. The van der Waals surface area contributed by atoms with E-state index in [9.17, 15) is 4.79 Å². The van der Waals surface area contributed by atoms with E-state index < -0.39 is 0 Å². The number of hydrogen-bond acceptors (Lipinski definition) is 5. The van der Waals surface area contributed by atoms with Crippen molar-refractivity contribution in [1.29, 1.82) is 0 Å². The van der Waals surface area contributed by atoms with Gasteiger partial charge in [0.2, 0.25) is 11.7 Å². The molecule has 0 fully saturated rings. The van der Waals surface area contributed by atoms with Crippen molar-refractivity contribution in [2.75, 3.05) is 6.54 Å². The van der Waals surface area contributed by atoms with Gasteiger partial charge < -0.3 is 13.8 Å². The summed E-state index contributed by atoms with van der Waals surface area (Å²) in [6.45, 7) is 6.58. The Labute approximate surface area is 152 Å². The number of benzene rings is 1. The van der Waals surface area contributed by atoms with Crippen LogP contribution in [0.2, 0.25) is 0 Å². The van der Waals surface area contributed by atoms with Gasteiger partial charge in [-0.25, -0.2) is 0 Å². The molecule has 2 aromatic heterocycles. The molecule has 0 saturated heterocycles. The molecule has 0 saturated carbocycles. The van der Waals surface area contributed by atoms with Crippen molar-refractivity contribution in [3.8, 4) is 11.4 Å². The number of aromatic nitrogens is 2. The van der Waals surface area contributed by atoms with E-state index in [2.05, 4.69) is 17.1 Å². The molecule has 2 heterocycles. The minimum Gasteiger partial charge on any atom is -0.459 e. The molecule has 1 atom stereocenters. The van der Waals surface area contributed by atoms with E-state index in [1.54, 1.807) is 17.0 Å². The third kappa shape index (κ3) is 4.02. The number of carbonyl (C=O) groups excluding carboxylic acids is 1. The Morgan fingerprint density at radius 2 is 2.12 bits per heavy atom. The number of nitrogens with zero attached hydrogens (tertiary/aromatic N) is 3. The third-order valence-electron chi connectivity index (χ3n) is 4.43. The zero-order chi connectivity index (χ0) is 18.5. The van der Waals surface area contributed by atoms with Gasteiger partial charge in [0.1, 0.15) is 0 Å². The Morgan fingerprint density at radius 3 is 2.81 bits per heavy atom. The van der Waals surface area contributed by atoms with Crippen molar-refractivity contribution in [3.63, 3.8) is 0 Å². The number of rotatable bonds is 7. The average Bonchev–Trinajstić information content (AvgIpc) is 3.33. The van der Waals surface area contributed by atoms with Gasteiger partial charge in [0.05, 0.1) is 6.26 Å². The second-order valence-corrected chi connectivity index (χ2v) is 6.36. The molecule has 6 nitrogen and oxygen atoms in total. The van der Waals surface area contributed by atoms with E-state index in [1.165, 1.54) is 6.26 Å². The van der Waals surface area contributed by atoms with E-state index in [0.717, 1.165) is 17.5 Å². The normalized spacial score (nSPS) is 12.1. The van der Waals surface area contributed by atoms with E-state index in [4.69, 9.17) is 8.94 Å². The zero-order valence-electron chi connectivity index (χ0n) is 15.3. The highest BCUT2D eigenvalue weighted by molar-refractivity contribution is 5.91. The van der Waals surface area contributed by atoms with Crippen LogP contribution < -0.4 is 0 Å². The van der Waals surface area contributed by atoms with Crippen molar-refractivity contribution >= 4 is 5.91 Å². The highest BCUT2D eigenvalue weighted by Gasteiger charge is 2.23. The fraction of sp³-hybridized carbons (Fsp3) is 0.350. The molecule has 0 aliphatic carbocycles. The molecule has 1 amide bonds. The molecule has 0 aliphatic rings. The van der Waals surface area contributed by atoms with Gasteiger partial charge in [-0.15, -0.1) is 0 Å². The summed E-state index contributed by atoms with van der Waals surface area (Å²) in [5.41, 5.74) is 2.06. The molecular formula is C20H23N3O3. The molecule has 0 N–H and O–H groups in total. The Bertz CT molecular complexity index is 855. The second-order valence-electron chi connectivity index (χ2n) is 6.36. The summed E-state index contributed by atoms with van der Waals surface area (Å²) >= 11 is 0. The average molecular weight is 353 g/mol. The first-order chi connectivity index (χ1) is 12.6. The standard InChI is InChI=1S/C20H23N3O3/c1-4-15(3)23(20(24)17-9-6-12-25-17)11-10-18-21-19(22-26-18)16-8-5-7-14(2)13-16/h5-9,12-13,15H,4,10-11H2,1-3H3/t15-/m1/s1. The number of furan rings is 1. The van der Waals surface area contributed by atoms with Gasteiger partial charge in [0, 0.05) is 24.6 Å². The summed E-state index contributed by atoms with van der Waals surface area (Å²) in [7, 11) is 0. The Kier molecular flexibility index (Phi) is 5.51. The van der Waals surface area contributed by atoms with Gasteiger partial charge in [-0.1, -0.05) is 35.8 Å². The van der Waals surface area contributed by atoms with E-state index in [0.29, 0.717) is 30.4 Å². The number of amides is 1. The molecule has 136 valence electrons. The number of carbonyl (C=O) groups is 1. The molecule has 3 aromatic rings. The predicted molar refractivity (Wildman–Crippen MR) is 97.7 cm³/mol. The van der Waals surface area contributed by atoms with Crippen LogP contribution in [-0.2, 0) is 6.42 Å². The largest absolute Gasteiger partial charge is 0.459 e. The third-order valence-corrected chi connectivity index (χ3v) is 4.43. The van der Waals surface area contributed by atoms with Crippen molar-refractivity contribution < 1.29 is 13.7 Å². The van der Waals surface area contributed by atoms with E-state index in [1.807, 2.05) is 38.1 Å². The summed E-state index contributed by atoms with van der Waals surface area (Å²) in [5, 5.41) is 4.06. The highest BCUT2D eigenvalue weighted by atomic mass is 16.5. The van der Waals surface area contributed by atoms with Gasteiger partial charge in [0.25, 0.3) is 5.91 Å². The van der Waals surface area contributed by atoms with Gasteiger partial charge in [-0.3, -0.25) is 4.79 Å². The SMILES string of the molecule is CC[C@@H](C)N(CCc1nc(-c2cccc(C)c2)no1)C(=O)c1ccco1. The summed E-state index contributed by atoms with van der Waals surface area (Å²) in [5.74, 6) is 1.30. The van der Waals surface area contributed by atoms with Gasteiger partial charge >= 0.3 is 0 Å². The maximum atomic E-state index is 12.7. The maximum Gasteiger partial charge on any atom is 0.289 e. The van der Waals surface area contributed by atoms with Crippen LogP contribution in [0.3, 0.4) is 0 Å². The lowest BCUT2D eigenvalue weighted by atomic mass is 10.1. The quantitative estimate of drug-likeness (QED) is 0.639. The molecule has 0 aliphatic heterocycles. The van der Waals surface area contributed by atoms with Crippen LogP contribution in [0.15, 0.2) is 51.6 Å². The topological polar surface area (TPSA) is 72.4 Å². The molecular weight excluding hydrogens is 330 g/mol. The predicted octanol–water partition coefficient (Wildman–Crippen LogP) is 4.12. The molecule has 6 heteroatoms. The fourth-order valence-corrected chi connectivity index (χ4v) is 2.76. The van der Waals surface area contributed by atoms with Crippen LogP contribution in [0, 0.1) is 6.92 Å². The minimum atomic E-state index is -0.122. The molecule has 0 radical (unpaired) electrons. The first kappa shape index (κ1) is 17.9. The molecule has 1 aromatic carbocycles. The van der Waals surface area contributed by atoms with Crippen molar-refractivity contribution in [3.05, 3.63) is 59.9 Å². The highest BCUT2D eigenvalue weighted by Crippen LogP contribution is 2.18. The van der Waals surface area contributed by atoms with Crippen molar-refractivity contribution in [2.24, 2.45) is 0 Å². The zero-order valence-corrected chi connectivity index (χ0v) is 15.3. The number of aryl methyl sites for hydroxylation is 1. The first-order valence-electron chi connectivity index (χ1n) is 8.82. The van der Waals surface area contributed by atoms with Gasteiger partial charge in [-0.05, 0) is 38.5 Å². The second kappa shape index (κ2) is 7.99. The van der Waals surface area contributed by atoms with Crippen LogP contribution in [-0.4, -0.2) is 33.5 Å². The summed E-state index contributed by atoms with van der Waals surface area (Å²) in [4.78, 5) is 18.9. The number of hydrogen-bond donors (Lipinski definition) is 0. The maximum absolute atomic E-state index is 12.7. The lowest BCUT2D eigenvalue weighted by Crippen LogP contribution is -2.39. The smallest absolute Gasteiger partial charge is 0.289 e. The summed E-state index contributed by atoms with van der Waals surface area (Å²) in [6, 6.07) is 11.4.